The van der Waals surface area contributed by atoms with Crippen molar-refractivity contribution in [3.8, 4) is 0 Å². The summed E-state index contributed by atoms with van der Waals surface area (Å²) in [4.78, 5) is 0. The highest BCUT2D eigenvalue weighted by molar-refractivity contribution is 4.72. The maximum Gasteiger partial charge on any atom is 0.157 e. The van der Waals surface area contributed by atoms with Crippen LogP contribution in [0.25, 0.3) is 0 Å². The minimum Gasteiger partial charge on any atom is -0.391 e. The fourth-order valence-electron chi connectivity index (χ4n) is 1.16. The van der Waals surface area contributed by atoms with Crippen LogP contribution in [0.3, 0.4) is 0 Å². The van der Waals surface area contributed by atoms with Crippen molar-refractivity contribution in [3.05, 3.63) is 0 Å². The number of aliphatic hydroxyl groups is 1. The fraction of sp³-hybridized carbons (Fsp3) is 1.00. The highest BCUT2D eigenvalue weighted by Crippen LogP contribution is 2.21. The van der Waals surface area contributed by atoms with Gasteiger partial charge in [-0.2, -0.15) is 0 Å². The largest absolute Gasteiger partial charge is 0.391 e. The molecule has 0 aliphatic carbocycles. The molecular weight excluding hydrogens is 132 g/mol. The Hall–Kier alpha value is -0.120. The maximum absolute atomic E-state index is 9.08. The second kappa shape index (κ2) is 3.32. The minimum atomic E-state index is -0.375. The Morgan fingerprint density at radius 3 is 2.60 bits per heavy atom. The average Bonchev–Trinajstić information content (AvgIpc) is 2.34. The lowest BCUT2D eigenvalue weighted by molar-refractivity contribution is -0.135. The SMILES string of the molecule is COC1CC[C@@H](C(C)O)O1. The van der Waals surface area contributed by atoms with E-state index < -0.39 is 0 Å². The summed E-state index contributed by atoms with van der Waals surface area (Å²) in [6.45, 7) is 1.74. The number of ether oxygens (including phenoxy) is 2. The summed E-state index contributed by atoms with van der Waals surface area (Å²) in [6, 6.07) is 0. The predicted octanol–water partition coefficient (Wildman–Crippen LogP) is 0.519. The lowest BCUT2D eigenvalue weighted by Crippen LogP contribution is -2.23. The number of aliphatic hydroxyl groups excluding tert-OH is 1. The van der Waals surface area contributed by atoms with Crippen LogP contribution in [0.2, 0.25) is 0 Å². The van der Waals surface area contributed by atoms with Gasteiger partial charge in [-0.05, 0) is 13.3 Å². The van der Waals surface area contributed by atoms with Gasteiger partial charge < -0.3 is 14.6 Å². The molecule has 2 unspecified atom stereocenters. The van der Waals surface area contributed by atoms with Crippen LogP contribution in [0.5, 0.6) is 0 Å². The Bertz CT molecular complexity index is 103. The van der Waals surface area contributed by atoms with Crippen LogP contribution in [0.1, 0.15) is 19.8 Å². The van der Waals surface area contributed by atoms with E-state index in [0.717, 1.165) is 12.8 Å². The quantitative estimate of drug-likeness (QED) is 0.617. The molecule has 3 nitrogen and oxygen atoms in total. The summed E-state index contributed by atoms with van der Waals surface area (Å²) in [6.07, 6.45) is 1.30. The van der Waals surface area contributed by atoms with Crippen LogP contribution in [0, 0.1) is 0 Å². The van der Waals surface area contributed by atoms with Gasteiger partial charge in [0.2, 0.25) is 0 Å². The van der Waals surface area contributed by atoms with Gasteiger partial charge in [0.1, 0.15) is 0 Å². The van der Waals surface area contributed by atoms with Gasteiger partial charge in [0.05, 0.1) is 12.2 Å². The van der Waals surface area contributed by atoms with E-state index in [4.69, 9.17) is 14.6 Å². The lowest BCUT2D eigenvalue weighted by Gasteiger charge is -2.14. The second-order valence-electron chi connectivity index (χ2n) is 2.66. The van der Waals surface area contributed by atoms with Crippen molar-refractivity contribution in [2.24, 2.45) is 0 Å². The second-order valence-corrected chi connectivity index (χ2v) is 2.66. The van der Waals surface area contributed by atoms with E-state index in [1.165, 1.54) is 0 Å². The van der Waals surface area contributed by atoms with Crippen LogP contribution in [-0.2, 0) is 9.47 Å². The zero-order valence-electron chi connectivity index (χ0n) is 6.41. The van der Waals surface area contributed by atoms with Crippen LogP contribution in [-0.4, -0.2) is 30.7 Å². The van der Waals surface area contributed by atoms with Crippen molar-refractivity contribution in [2.45, 2.75) is 38.3 Å². The monoisotopic (exact) mass is 146 g/mol. The predicted molar refractivity (Wildman–Crippen MR) is 36.6 cm³/mol. The zero-order chi connectivity index (χ0) is 7.56. The van der Waals surface area contributed by atoms with Crippen molar-refractivity contribution < 1.29 is 14.6 Å². The molecule has 3 atom stereocenters. The maximum atomic E-state index is 9.08. The summed E-state index contributed by atoms with van der Waals surface area (Å²) in [5, 5.41) is 9.08. The molecule has 60 valence electrons. The molecule has 1 fully saturated rings. The van der Waals surface area contributed by atoms with Gasteiger partial charge in [-0.15, -0.1) is 0 Å². The lowest BCUT2D eigenvalue weighted by atomic mass is 10.1. The van der Waals surface area contributed by atoms with E-state index in [1.54, 1.807) is 14.0 Å². The van der Waals surface area contributed by atoms with Gasteiger partial charge >= 0.3 is 0 Å². The van der Waals surface area contributed by atoms with Crippen molar-refractivity contribution in [1.29, 1.82) is 0 Å². The van der Waals surface area contributed by atoms with E-state index in [9.17, 15) is 0 Å². The zero-order valence-corrected chi connectivity index (χ0v) is 6.41. The molecule has 1 aliphatic heterocycles. The van der Waals surface area contributed by atoms with Crippen molar-refractivity contribution in [1.82, 2.24) is 0 Å². The van der Waals surface area contributed by atoms with Gasteiger partial charge in [0, 0.05) is 13.5 Å². The normalized spacial score (nSPS) is 36.3. The van der Waals surface area contributed by atoms with Crippen molar-refractivity contribution in [3.63, 3.8) is 0 Å². The van der Waals surface area contributed by atoms with Crippen LogP contribution >= 0.6 is 0 Å². The molecule has 1 heterocycles. The first kappa shape index (κ1) is 7.98. The van der Waals surface area contributed by atoms with E-state index in [2.05, 4.69) is 0 Å². The Morgan fingerprint density at radius 1 is 1.60 bits per heavy atom. The molecule has 3 heteroatoms. The van der Waals surface area contributed by atoms with E-state index >= 15 is 0 Å². The topological polar surface area (TPSA) is 38.7 Å². The van der Waals surface area contributed by atoms with E-state index in [-0.39, 0.29) is 18.5 Å². The van der Waals surface area contributed by atoms with E-state index in [1.807, 2.05) is 0 Å². The third-order valence-electron chi connectivity index (χ3n) is 1.81. The molecule has 1 aliphatic rings. The molecule has 0 aromatic heterocycles. The highest BCUT2D eigenvalue weighted by Gasteiger charge is 2.27. The molecular formula is C7H14O3. The first-order chi connectivity index (χ1) is 4.74. The van der Waals surface area contributed by atoms with Crippen molar-refractivity contribution in [2.75, 3.05) is 7.11 Å². The molecule has 0 amide bonds. The standard InChI is InChI=1S/C7H14O3/c1-5(8)6-3-4-7(9-2)10-6/h5-8H,3-4H2,1-2H3/t5?,6-,7?/m0/s1. The first-order valence-corrected chi connectivity index (χ1v) is 3.60. The smallest absolute Gasteiger partial charge is 0.157 e. The Labute approximate surface area is 60.9 Å². The van der Waals surface area contributed by atoms with E-state index in [0.29, 0.717) is 0 Å². The summed E-state index contributed by atoms with van der Waals surface area (Å²) in [5.41, 5.74) is 0. The molecule has 1 saturated heterocycles. The third kappa shape index (κ3) is 1.68. The fourth-order valence-corrected chi connectivity index (χ4v) is 1.16. The molecule has 1 N–H and O–H groups in total. The molecule has 0 radical (unpaired) electrons. The molecule has 0 spiro atoms. The Morgan fingerprint density at radius 2 is 2.30 bits per heavy atom. The van der Waals surface area contributed by atoms with Gasteiger partial charge in [-0.25, -0.2) is 0 Å². The molecule has 0 saturated carbocycles. The van der Waals surface area contributed by atoms with Crippen molar-refractivity contribution >= 4 is 0 Å². The highest BCUT2D eigenvalue weighted by atomic mass is 16.7. The van der Waals surface area contributed by atoms with Crippen LogP contribution < -0.4 is 0 Å². The molecule has 0 aromatic carbocycles. The number of rotatable bonds is 2. The van der Waals surface area contributed by atoms with Gasteiger partial charge in [0.15, 0.2) is 6.29 Å². The van der Waals surface area contributed by atoms with Crippen LogP contribution in [0.4, 0.5) is 0 Å². The average molecular weight is 146 g/mol. The third-order valence-corrected chi connectivity index (χ3v) is 1.81. The Kier molecular flexibility index (Phi) is 2.65. The number of methoxy groups -OCH3 is 1. The summed E-state index contributed by atoms with van der Waals surface area (Å²) in [7, 11) is 1.62. The molecule has 1 rings (SSSR count). The molecule has 0 aromatic rings. The van der Waals surface area contributed by atoms with Gasteiger partial charge in [-0.3, -0.25) is 0 Å². The summed E-state index contributed by atoms with van der Waals surface area (Å²) < 4.78 is 10.3. The molecule has 10 heavy (non-hydrogen) atoms. The molecule has 0 bridgehead atoms. The summed E-state index contributed by atoms with van der Waals surface area (Å²) in [5.74, 6) is 0. The van der Waals surface area contributed by atoms with Crippen LogP contribution in [0.15, 0.2) is 0 Å². The first-order valence-electron chi connectivity index (χ1n) is 3.60. The van der Waals surface area contributed by atoms with Gasteiger partial charge in [0.25, 0.3) is 0 Å². The number of hydrogen-bond acceptors (Lipinski definition) is 3. The minimum absolute atomic E-state index is 0.0232. The summed E-state index contributed by atoms with van der Waals surface area (Å²) >= 11 is 0. The Balaban J connectivity index is 2.28. The number of hydrogen-bond donors (Lipinski definition) is 1. The van der Waals surface area contributed by atoms with Gasteiger partial charge in [-0.1, -0.05) is 0 Å².